The van der Waals surface area contributed by atoms with Gasteiger partial charge in [0.25, 0.3) is 0 Å². The summed E-state index contributed by atoms with van der Waals surface area (Å²) in [6.07, 6.45) is 3.62. The van der Waals surface area contributed by atoms with E-state index in [1.165, 1.54) is 0 Å². The van der Waals surface area contributed by atoms with Crippen LogP contribution in [-0.2, 0) is 27.4 Å². The predicted molar refractivity (Wildman–Crippen MR) is 67.0 cm³/mol. The minimum atomic E-state index is -1.17. The molecule has 4 nitrogen and oxygen atoms in total. The summed E-state index contributed by atoms with van der Waals surface area (Å²) in [6, 6.07) is 7.73. The molecule has 0 amide bonds. The highest BCUT2D eigenvalue weighted by Gasteiger charge is 2.04. The van der Waals surface area contributed by atoms with E-state index in [2.05, 4.69) is 6.92 Å². The van der Waals surface area contributed by atoms with Crippen LogP contribution >= 0.6 is 0 Å². The van der Waals surface area contributed by atoms with Crippen LogP contribution < -0.4 is 0 Å². The van der Waals surface area contributed by atoms with Gasteiger partial charge in [-0.3, -0.25) is 0 Å². The first kappa shape index (κ1) is 14.0. The second-order valence-corrected chi connectivity index (χ2v) is 3.80. The number of benzene rings is 1. The number of carboxylic acid groups (broad SMARTS) is 1. The molecule has 0 radical (unpaired) electrons. The minimum Gasteiger partial charge on any atom is -0.478 e. The molecule has 1 aromatic rings. The van der Waals surface area contributed by atoms with E-state index in [-0.39, 0.29) is 6.61 Å². The summed E-state index contributed by atoms with van der Waals surface area (Å²) in [5.74, 6) is -1.82. The van der Waals surface area contributed by atoms with Crippen molar-refractivity contribution in [3.05, 3.63) is 47.5 Å². The number of rotatable bonds is 6. The van der Waals surface area contributed by atoms with Gasteiger partial charge in [-0.15, -0.1) is 0 Å². The second kappa shape index (κ2) is 7.27. The maximum atomic E-state index is 11.2. The monoisotopic (exact) mass is 248 g/mol. The molecular formula is C14H16O4. The smallest absolute Gasteiger partial charge is 0.331 e. The molecule has 0 saturated heterocycles. The van der Waals surface area contributed by atoms with Crippen LogP contribution in [0.2, 0.25) is 0 Å². The van der Waals surface area contributed by atoms with Gasteiger partial charge in [0.05, 0.1) is 0 Å². The molecule has 0 atom stereocenters. The van der Waals surface area contributed by atoms with Gasteiger partial charge in [-0.2, -0.15) is 0 Å². The summed E-state index contributed by atoms with van der Waals surface area (Å²) < 4.78 is 4.98. The van der Waals surface area contributed by atoms with Crippen molar-refractivity contribution in [3.8, 4) is 0 Å². The maximum absolute atomic E-state index is 11.2. The summed E-state index contributed by atoms with van der Waals surface area (Å²) >= 11 is 0. The normalized spacial score (nSPS) is 10.5. The fourth-order valence-corrected chi connectivity index (χ4v) is 1.55. The minimum absolute atomic E-state index is 0.166. The van der Waals surface area contributed by atoms with Gasteiger partial charge in [0.2, 0.25) is 0 Å². The number of ether oxygens (including phenoxy) is 1. The standard InChI is InChI=1S/C14H16O4/c1-2-5-11-6-3-4-7-12(11)10-18-14(17)9-8-13(15)16/h3-4,6-9H,2,5,10H2,1H3,(H,15,16)/b9-8-. The number of hydrogen-bond acceptors (Lipinski definition) is 3. The predicted octanol–water partition coefficient (Wildman–Crippen LogP) is 2.32. The van der Waals surface area contributed by atoms with Gasteiger partial charge in [0.15, 0.2) is 0 Å². The average molecular weight is 248 g/mol. The van der Waals surface area contributed by atoms with Gasteiger partial charge < -0.3 is 9.84 Å². The zero-order valence-corrected chi connectivity index (χ0v) is 10.3. The molecule has 0 spiro atoms. The molecule has 0 unspecified atom stereocenters. The van der Waals surface area contributed by atoms with Crippen LogP contribution in [0.5, 0.6) is 0 Å². The van der Waals surface area contributed by atoms with Crippen molar-refractivity contribution < 1.29 is 19.4 Å². The summed E-state index contributed by atoms with van der Waals surface area (Å²) in [4.78, 5) is 21.4. The Morgan fingerprint density at radius 1 is 1.22 bits per heavy atom. The zero-order chi connectivity index (χ0) is 13.4. The summed E-state index contributed by atoms with van der Waals surface area (Å²) in [5, 5.41) is 8.37. The van der Waals surface area contributed by atoms with E-state index in [1.54, 1.807) is 0 Å². The average Bonchev–Trinajstić information content (AvgIpc) is 2.35. The van der Waals surface area contributed by atoms with Crippen molar-refractivity contribution in [3.63, 3.8) is 0 Å². The van der Waals surface area contributed by atoms with E-state index < -0.39 is 11.9 Å². The fourth-order valence-electron chi connectivity index (χ4n) is 1.55. The molecule has 4 heteroatoms. The number of esters is 1. The van der Waals surface area contributed by atoms with Crippen molar-refractivity contribution in [2.45, 2.75) is 26.4 Å². The number of carbonyl (C=O) groups is 2. The Bertz CT molecular complexity index is 449. The molecule has 0 aliphatic carbocycles. The molecule has 0 bridgehead atoms. The number of carbonyl (C=O) groups excluding carboxylic acids is 1. The van der Waals surface area contributed by atoms with Crippen LogP contribution in [0.1, 0.15) is 24.5 Å². The molecule has 0 aromatic heterocycles. The number of aliphatic carboxylic acids is 1. The highest BCUT2D eigenvalue weighted by molar-refractivity contribution is 5.90. The first-order chi connectivity index (χ1) is 8.63. The van der Waals surface area contributed by atoms with Crippen LogP contribution in [0.15, 0.2) is 36.4 Å². The van der Waals surface area contributed by atoms with Gasteiger partial charge >= 0.3 is 11.9 Å². The van der Waals surface area contributed by atoms with E-state index in [1.807, 2.05) is 24.3 Å². The van der Waals surface area contributed by atoms with Gasteiger partial charge in [-0.25, -0.2) is 9.59 Å². The lowest BCUT2D eigenvalue weighted by Crippen LogP contribution is -2.04. The van der Waals surface area contributed by atoms with E-state index in [4.69, 9.17) is 9.84 Å². The van der Waals surface area contributed by atoms with Crippen LogP contribution in [0.4, 0.5) is 0 Å². The quantitative estimate of drug-likeness (QED) is 0.620. The first-order valence-corrected chi connectivity index (χ1v) is 5.78. The Hall–Kier alpha value is -2.10. The van der Waals surface area contributed by atoms with Crippen molar-refractivity contribution >= 4 is 11.9 Å². The highest BCUT2D eigenvalue weighted by atomic mass is 16.5. The topological polar surface area (TPSA) is 63.6 Å². The van der Waals surface area contributed by atoms with Crippen molar-refractivity contribution in [1.29, 1.82) is 0 Å². The fraction of sp³-hybridized carbons (Fsp3) is 0.286. The second-order valence-electron chi connectivity index (χ2n) is 3.80. The molecule has 1 rings (SSSR count). The Morgan fingerprint density at radius 3 is 2.50 bits per heavy atom. The Morgan fingerprint density at radius 2 is 1.89 bits per heavy atom. The molecule has 1 N–H and O–H groups in total. The molecule has 18 heavy (non-hydrogen) atoms. The summed E-state index contributed by atoms with van der Waals surface area (Å²) in [7, 11) is 0. The zero-order valence-electron chi connectivity index (χ0n) is 10.3. The van der Waals surface area contributed by atoms with Crippen LogP contribution in [0.25, 0.3) is 0 Å². The molecule has 0 aliphatic heterocycles. The molecule has 0 saturated carbocycles. The highest BCUT2D eigenvalue weighted by Crippen LogP contribution is 2.12. The maximum Gasteiger partial charge on any atom is 0.331 e. The Balaban J connectivity index is 2.57. The molecule has 96 valence electrons. The first-order valence-electron chi connectivity index (χ1n) is 5.78. The van der Waals surface area contributed by atoms with Gasteiger partial charge in [0.1, 0.15) is 6.61 Å². The van der Waals surface area contributed by atoms with E-state index in [0.29, 0.717) is 0 Å². The van der Waals surface area contributed by atoms with Crippen molar-refractivity contribution in [2.75, 3.05) is 0 Å². The largest absolute Gasteiger partial charge is 0.478 e. The van der Waals surface area contributed by atoms with Gasteiger partial charge in [0, 0.05) is 12.2 Å². The number of hydrogen-bond donors (Lipinski definition) is 1. The van der Waals surface area contributed by atoms with Crippen molar-refractivity contribution in [2.24, 2.45) is 0 Å². The third-order valence-electron chi connectivity index (χ3n) is 2.37. The van der Waals surface area contributed by atoms with Crippen LogP contribution in [-0.4, -0.2) is 17.0 Å². The van der Waals surface area contributed by atoms with Crippen LogP contribution in [0.3, 0.4) is 0 Å². The molecular weight excluding hydrogens is 232 g/mol. The van der Waals surface area contributed by atoms with Gasteiger partial charge in [-0.1, -0.05) is 37.6 Å². The summed E-state index contributed by atoms with van der Waals surface area (Å²) in [5.41, 5.74) is 2.10. The molecule has 1 aromatic carbocycles. The SMILES string of the molecule is CCCc1ccccc1COC(=O)/C=C\C(=O)O. The number of carboxylic acids is 1. The van der Waals surface area contributed by atoms with E-state index in [9.17, 15) is 9.59 Å². The van der Waals surface area contributed by atoms with E-state index >= 15 is 0 Å². The molecule has 0 heterocycles. The molecule has 0 aliphatic rings. The lowest BCUT2D eigenvalue weighted by Gasteiger charge is -2.08. The third-order valence-corrected chi connectivity index (χ3v) is 2.37. The summed E-state index contributed by atoms with van der Waals surface area (Å²) in [6.45, 7) is 2.25. The Kier molecular flexibility index (Phi) is 5.64. The molecule has 0 fully saturated rings. The van der Waals surface area contributed by atoms with Gasteiger partial charge in [-0.05, 0) is 17.5 Å². The van der Waals surface area contributed by atoms with Crippen molar-refractivity contribution in [1.82, 2.24) is 0 Å². The lowest BCUT2D eigenvalue weighted by atomic mass is 10.0. The number of aryl methyl sites for hydroxylation is 1. The van der Waals surface area contributed by atoms with Crippen LogP contribution in [0, 0.1) is 0 Å². The third kappa shape index (κ3) is 4.82. The Labute approximate surface area is 106 Å². The van der Waals surface area contributed by atoms with E-state index in [0.717, 1.165) is 36.1 Å². The lowest BCUT2D eigenvalue weighted by molar-refractivity contribution is -0.139.